The van der Waals surface area contributed by atoms with E-state index in [4.69, 9.17) is 22.1 Å². The SMILES string of the molecule is C/C(N)=N/N=Cc1ccc2ncnc(Nc3ccc(OCc4cccc(F)c4)c(Cl)c3)c2c1. The molecule has 0 fully saturated rings. The van der Waals surface area contributed by atoms with E-state index in [2.05, 4.69) is 25.5 Å². The third-order valence-electron chi connectivity index (χ3n) is 4.56. The Bertz CT molecular complexity index is 1350. The number of nitrogens with one attached hydrogen (secondary N) is 1. The smallest absolute Gasteiger partial charge is 0.141 e. The second-order valence-corrected chi connectivity index (χ2v) is 7.58. The Morgan fingerprint density at radius 3 is 2.82 bits per heavy atom. The number of fused-ring (bicyclic) bond motifs is 1. The number of halogens is 2. The lowest BCUT2D eigenvalue weighted by Gasteiger charge is -2.12. The number of nitrogens with zero attached hydrogens (tertiary/aromatic N) is 4. The van der Waals surface area contributed by atoms with Gasteiger partial charge in [0.05, 0.1) is 16.8 Å². The highest BCUT2D eigenvalue weighted by Crippen LogP contribution is 2.31. The van der Waals surface area contributed by atoms with Gasteiger partial charge in [-0.05, 0) is 60.5 Å². The average Bonchev–Trinajstić information content (AvgIpc) is 2.79. The summed E-state index contributed by atoms with van der Waals surface area (Å²) in [6, 6.07) is 17.2. The summed E-state index contributed by atoms with van der Waals surface area (Å²) < 4.78 is 19.1. The predicted octanol–water partition coefficient (Wildman–Crippen LogP) is 5.46. The standard InChI is InChI=1S/C24H20ClFN6O/c1-15(27)32-30-12-16-5-7-22-20(10-16)24(29-14-28-22)31-19-6-8-23(21(25)11-19)33-13-17-3-2-4-18(26)9-17/h2-12,14H,13H2,1H3,(H2,27,32)(H,28,29,31). The molecule has 4 aromatic rings. The predicted molar refractivity (Wildman–Crippen MR) is 130 cm³/mol. The van der Waals surface area contributed by atoms with Crippen molar-refractivity contribution in [2.45, 2.75) is 13.5 Å². The van der Waals surface area contributed by atoms with Gasteiger partial charge in [-0.15, -0.1) is 5.10 Å². The second-order valence-electron chi connectivity index (χ2n) is 7.17. The molecule has 0 aliphatic rings. The van der Waals surface area contributed by atoms with Gasteiger partial charge in [-0.1, -0.05) is 29.8 Å². The molecule has 1 heterocycles. The van der Waals surface area contributed by atoms with Crippen LogP contribution in [0.2, 0.25) is 5.02 Å². The number of nitrogens with two attached hydrogens (primary N) is 1. The molecule has 166 valence electrons. The van der Waals surface area contributed by atoms with Crippen LogP contribution in [0.3, 0.4) is 0 Å². The van der Waals surface area contributed by atoms with Gasteiger partial charge >= 0.3 is 0 Å². The fourth-order valence-corrected chi connectivity index (χ4v) is 3.30. The van der Waals surface area contributed by atoms with Crippen LogP contribution in [0.5, 0.6) is 5.75 Å². The molecule has 0 unspecified atom stereocenters. The van der Waals surface area contributed by atoms with E-state index in [1.807, 2.05) is 24.3 Å². The van der Waals surface area contributed by atoms with Crippen molar-refractivity contribution in [3.8, 4) is 5.75 Å². The maximum absolute atomic E-state index is 13.3. The number of hydrogen-bond donors (Lipinski definition) is 2. The Morgan fingerprint density at radius 2 is 2.03 bits per heavy atom. The zero-order valence-corrected chi connectivity index (χ0v) is 18.4. The van der Waals surface area contributed by atoms with Crippen LogP contribution in [-0.2, 0) is 6.61 Å². The Morgan fingerprint density at radius 1 is 1.15 bits per heavy atom. The summed E-state index contributed by atoms with van der Waals surface area (Å²) in [6.45, 7) is 1.87. The van der Waals surface area contributed by atoms with Gasteiger partial charge in [-0.2, -0.15) is 5.10 Å². The highest BCUT2D eigenvalue weighted by molar-refractivity contribution is 6.32. The minimum Gasteiger partial charge on any atom is -0.487 e. The van der Waals surface area contributed by atoms with Crippen molar-refractivity contribution in [1.82, 2.24) is 9.97 Å². The molecule has 9 heteroatoms. The Hall–Kier alpha value is -4.04. The first kappa shape index (κ1) is 22.2. The molecule has 0 spiro atoms. The topological polar surface area (TPSA) is 97.8 Å². The van der Waals surface area contributed by atoms with Crippen LogP contribution in [0.25, 0.3) is 10.9 Å². The van der Waals surface area contributed by atoms with Crippen LogP contribution < -0.4 is 15.8 Å². The first-order valence-electron chi connectivity index (χ1n) is 9.99. The molecule has 0 amide bonds. The molecule has 1 aromatic heterocycles. The van der Waals surface area contributed by atoms with Crippen LogP contribution in [0.15, 0.2) is 77.2 Å². The molecular weight excluding hydrogens is 443 g/mol. The molecule has 0 atom stereocenters. The molecule has 3 N–H and O–H groups in total. The molecule has 0 aliphatic heterocycles. The minimum atomic E-state index is -0.310. The fraction of sp³-hybridized carbons (Fsp3) is 0.0833. The zero-order chi connectivity index (χ0) is 23.2. The maximum Gasteiger partial charge on any atom is 0.141 e. The molecule has 0 saturated carbocycles. The summed E-state index contributed by atoms with van der Waals surface area (Å²) in [6.07, 6.45) is 3.09. The normalized spacial score (nSPS) is 11.8. The highest BCUT2D eigenvalue weighted by atomic mass is 35.5. The minimum absolute atomic E-state index is 0.207. The van der Waals surface area contributed by atoms with Gasteiger partial charge in [0.15, 0.2) is 0 Å². The van der Waals surface area contributed by atoms with Crippen LogP contribution in [0.4, 0.5) is 15.9 Å². The van der Waals surface area contributed by atoms with Crippen LogP contribution in [0, 0.1) is 5.82 Å². The summed E-state index contributed by atoms with van der Waals surface area (Å²) >= 11 is 6.41. The third-order valence-corrected chi connectivity index (χ3v) is 4.86. The van der Waals surface area contributed by atoms with E-state index in [0.717, 1.165) is 22.2 Å². The summed E-state index contributed by atoms with van der Waals surface area (Å²) in [5.41, 5.74) is 8.54. The number of aromatic nitrogens is 2. The largest absolute Gasteiger partial charge is 0.487 e. The highest BCUT2D eigenvalue weighted by Gasteiger charge is 2.08. The summed E-state index contributed by atoms with van der Waals surface area (Å²) in [4.78, 5) is 8.67. The molecule has 33 heavy (non-hydrogen) atoms. The second kappa shape index (κ2) is 10.1. The number of rotatable bonds is 7. The Labute approximate surface area is 194 Å². The Balaban J connectivity index is 1.53. The van der Waals surface area contributed by atoms with Gasteiger partial charge in [0.2, 0.25) is 0 Å². The Kier molecular flexibility index (Phi) is 6.75. The number of anilines is 2. The van der Waals surface area contributed by atoms with Crippen molar-refractivity contribution in [3.05, 3.63) is 89.0 Å². The molecule has 4 rings (SSSR count). The number of hydrogen-bond acceptors (Lipinski definition) is 6. The van der Waals surface area contributed by atoms with E-state index in [1.165, 1.54) is 18.5 Å². The number of benzene rings is 3. The van der Waals surface area contributed by atoms with Crippen molar-refractivity contribution in [2.75, 3.05) is 5.32 Å². The summed E-state index contributed by atoms with van der Waals surface area (Å²) in [5, 5.41) is 12.3. The van der Waals surface area contributed by atoms with Crippen molar-refractivity contribution in [2.24, 2.45) is 15.9 Å². The van der Waals surface area contributed by atoms with Gasteiger partial charge in [0.1, 0.15) is 36.2 Å². The zero-order valence-electron chi connectivity index (χ0n) is 17.7. The molecule has 3 aromatic carbocycles. The van der Waals surface area contributed by atoms with E-state index in [1.54, 1.807) is 37.4 Å². The van der Waals surface area contributed by atoms with Gasteiger partial charge in [0.25, 0.3) is 0 Å². The van der Waals surface area contributed by atoms with E-state index < -0.39 is 0 Å². The van der Waals surface area contributed by atoms with Gasteiger partial charge in [-0.25, -0.2) is 14.4 Å². The third kappa shape index (κ3) is 5.81. The molecular formula is C24H20ClFN6O. The van der Waals surface area contributed by atoms with Gasteiger partial charge in [-0.3, -0.25) is 0 Å². The first-order valence-corrected chi connectivity index (χ1v) is 10.4. The lowest BCUT2D eigenvalue weighted by molar-refractivity contribution is 0.306. The lowest BCUT2D eigenvalue weighted by atomic mass is 10.1. The average molecular weight is 463 g/mol. The van der Waals surface area contributed by atoms with Gasteiger partial charge in [0, 0.05) is 11.1 Å². The van der Waals surface area contributed by atoms with Crippen LogP contribution in [-0.4, -0.2) is 22.0 Å². The van der Waals surface area contributed by atoms with Crippen molar-refractivity contribution < 1.29 is 9.13 Å². The van der Waals surface area contributed by atoms with Crippen molar-refractivity contribution in [3.63, 3.8) is 0 Å². The maximum atomic E-state index is 13.3. The number of ether oxygens (including phenoxy) is 1. The van der Waals surface area contributed by atoms with Gasteiger partial charge < -0.3 is 15.8 Å². The van der Waals surface area contributed by atoms with Crippen molar-refractivity contribution in [1.29, 1.82) is 0 Å². The monoisotopic (exact) mass is 462 g/mol. The van der Waals surface area contributed by atoms with E-state index in [-0.39, 0.29) is 12.4 Å². The van der Waals surface area contributed by atoms with E-state index >= 15 is 0 Å². The van der Waals surface area contributed by atoms with Crippen LogP contribution >= 0.6 is 11.6 Å². The fourth-order valence-electron chi connectivity index (χ4n) is 3.06. The molecule has 0 aliphatic carbocycles. The molecule has 0 saturated heterocycles. The molecule has 0 radical (unpaired) electrons. The summed E-state index contributed by atoms with van der Waals surface area (Å²) in [7, 11) is 0. The molecule has 0 bridgehead atoms. The quantitative estimate of drug-likeness (QED) is 0.216. The number of amidine groups is 1. The van der Waals surface area contributed by atoms with Crippen molar-refractivity contribution >= 4 is 46.1 Å². The summed E-state index contributed by atoms with van der Waals surface area (Å²) in [5.74, 6) is 1.17. The molecule has 7 nitrogen and oxygen atoms in total. The first-order chi connectivity index (χ1) is 16.0. The van der Waals surface area contributed by atoms with E-state index in [0.29, 0.717) is 28.0 Å². The van der Waals surface area contributed by atoms with Crippen LogP contribution in [0.1, 0.15) is 18.1 Å². The van der Waals surface area contributed by atoms with E-state index in [9.17, 15) is 4.39 Å². The lowest BCUT2D eigenvalue weighted by Crippen LogP contribution is -2.03.